The van der Waals surface area contributed by atoms with Crippen molar-refractivity contribution < 1.29 is 0 Å². The predicted molar refractivity (Wildman–Crippen MR) is 79.6 cm³/mol. The molecule has 0 spiro atoms. The largest absolute Gasteiger partial charge is 0.0654 e. The minimum Gasteiger partial charge on any atom is -0.0654 e. The Labute approximate surface area is 108 Å². The van der Waals surface area contributed by atoms with Crippen LogP contribution in [0.1, 0.15) is 63.1 Å². The molecule has 1 rings (SSSR count). The van der Waals surface area contributed by atoms with E-state index in [1.165, 1.54) is 42.4 Å². The second-order valence-corrected chi connectivity index (χ2v) is 5.27. The molecule has 0 aliphatic heterocycles. The van der Waals surface area contributed by atoms with Crippen molar-refractivity contribution in [2.45, 2.75) is 67.2 Å². The van der Waals surface area contributed by atoms with E-state index in [1.807, 2.05) is 0 Å². The summed E-state index contributed by atoms with van der Waals surface area (Å²) in [6.45, 7) is 13.2. The van der Waals surface area contributed by atoms with Crippen LogP contribution in [0.2, 0.25) is 0 Å². The number of benzene rings is 1. The molecule has 1 aromatic rings. The molecule has 0 aromatic heterocycles. The number of rotatable bonds is 4. The highest BCUT2D eigenvalue weighted by atomic mass is 14.0. The first-order valence-corrected chi connectivity index (χ1v) is 7.05. The highest BCUT2D eigenvalue weighted by Gasteiger charge is 1.95. The maximum absolute atomic E-state index is 2.34. The van der Waals surface area contributed by atoms with E-state index in [2.05, 4.69) is 59.7 Å². The third kappa shape index (κ3) is 8.01. The normalized spacial score (nSPS) is 10.1. The maximum Gasteiger partial charge on any atom is -0.0395 e. The van der Waals surface area contributed by atoms with Crippen LogP contribution in [0.25, 0.3) is 0 Å². The van der Waals surface area contributed by atoms with E-state index in [-0.39, 0.29) is 0 Å². The Morgan fingerprint density at radius 3 is 1.76 bits per heavy atom. The van der Waals surface area contributed by atoms with E-state index in [9.17, 15) is 0 Å². The van der Waals surface area contributed by atoms with Gasteiger partial charge in [0.1, 0.15) is 0 Å². The standard InChI is InChI=1S/C9H12.C8H18/c1-7-4-5-8(2)9(3)6-7;1-4-6-8(3)7-5-2/h4-6H,1-3H3;8H,4-7H2,1-3H3. The van der Waals surface area contributed by atoms with Gasteiger partial charge in [-0.1, -0.05) is 70.2 Å². The lowest BCUT2D eigenvalue weighted by atomic mass is 10.0. The van der Waals surface area contributed by atoms with Crippen molar-refractivity contribution in [1.82, 2.24) is 0 Å². The van der Waals surface area contributed by atoms with Crippen LogP contribution in [0.3, 0.4) is 0 Å². The zero-order valence-electron chi connectivity index (χ0n) is 12.6. The van der Waals surface area contributed by atoms with Crippen LogP contribution in [0.15, 0.2) is 18.2 Å². The van der Waals surface area contributed by atoms with Gasteiger partial charge >= 0.3 is 0 Å². The van der Waals surface area contributed by atoms with Crippen LogP contribution in [-0.2, 0) is 0 Å². The summed E-state index contributed by atoms with van der Waals surface area (Å²) < 4.78 is 0. The van der Waals surface area contributed by atoms with E-state index in [0.29, 0.717) is 0 Å². The fourth-order valence-corrected chi connectivity index (χ4v) is 2.02. The lowest BCUT2D eigenvalue weighted by Gasteiger charge is -2.05. The Hall–Kier alpha value is -0.780. The fraction of sp³-hybridized carbons (Fsp3) is 0.647. The van der Waals surface area contributed by atoms with Gasteiger partial charge in [-0.3, -0.25) is 0 Å². The molecule has 0 amide bonds. The summed E-state index contributed by atoms with van der Waals surface area (Å²) in [7, 11) is 0. The van der Waals surface area contributed by atoms with Crippen LogP contribution in [0.4, 0.5) is 0 Å². The van der Waals surface area contributed by atoms with Crippen LogP contribution < -0.4 is 0 Å². The molecule has 0 atom stereocenters. The Morgan fingerprint density at radius 2 is 1.41 bits per heavy atom. The van der Waals surface area contributed by atoms with Crippen LogP contribution >= 0.6 is 0 Å². The summed E-state index contributed by atoms with van der Waals surface area (Å²) >= 11 is 0. The molecule has 1 aromatic carbocycles. The SMILES string of the molecule is CCCC(C)CCC.Cc1ccc(C)c(C)c1. The highest BCUT2D eigenvalue weighted by Crippen LogP contribution is 2.10. The molecule has 0 bridgehead atoms. The van der Waals surface area contributed by atoms with Crippen LogP contribution in [0.5, 0.6) is 0 Å². The fourth-order valence-electron chi connectivity index (χ4n) is 2.02. The van der Waals surface area contributed by atoms with Gasteiger partial charge in [0.25, 0.3) is 0 Å². The molecule has 17 heavy (non-hydrogen) atoms. The van der Waals surface area contributed by atoms with Gasteiger partial charge in [0.05, 0.1) is 0 Å². The molecule has 0 saturated heterocycles. The van der Waals surface area contributed by atoms with E-state index in [0.717, 1.165) is 5.92 Å². The predicted octanol–water partition coefficient (Wildman–Crippen LogP) is 5.83. The van der Waals surface area contributed by atoms with E-state index >= 15 is 0 Å². The molecule has 0 saturated carbocycles. The average Bonchev–Trinajstić information content (AvgIpc) is 2.26. The molecule has 0 N–H and O–H groups in total. The van der Waals surface area contributed by atoms with Crippen LogP contribution in [0, 0.1) is 26.7 Å². The van der Waals surface area contributed by atoms with Crippen molar-refractivity contribution in [1.29, 1.82) is 0 Å². The van der Waals surface area contributed by atoms with E-state index in [4.69, 9.17) is 0 Å². The third-order valence-electron chi connectivity index (χ3n) is 3.23. The van der Waals surface area contributed by atoms with Crippen molar-refractivity contribution in [3.8, 4) is 0 Å². The molecule has 0 aliphatic carbocycles. The van der Waals surface area contributed by atoms with Gasteiger partial charge < -0.3 is 0 Å². The molecule has 0 heterocycles. The summed E-state index contributed by atoms with van der Waals surface area (Å²) in [5, 5.41) is 0. The molecule has 98 valence electrons. The van der Waals surface area contributed by atoms with Gasteiger partial charge in [0.15, 0.2) is 0 Å². The molecule has 0 nitrogen and oxygen atoms in total. The number of aryl methyl sites for hydroxylation is 3. The van der Waals surface area contributed by atoms with Gasteiger partial charge in [-0.15, -0.1) is 0 Å². The molecule has 0 fully saturated rings. The van der Waals surface area contributed by atoms with Gasteiger partial charge in [0, 0.05) is 0 Å². The Morgan fingerprint density at radius 1 is 0.882 bits per heavy atom. The second kappa shape index (κ2) is 9.27. The average molecular weight is 234 g/mol. The minimum atomic E-state index is 0.963. The van der Waals surface area contributed by atoms with Gasteiger partial charge in [0.2, 0.25) is 0 Å². The maximum atomic E-state index is 2.34. The zero-order valence-corrected chi connectivity index (χ0v) is 12.6. The summed E-state index contributed by atoms with van der Waals surface area (Å²) in [6, 6.07) is 6.50. The quantitative estimate of drug-likeness (QED) is 0.614. The van der Waals surface area contributed by atoms with Crippen LogP contribution in [-0.4, -0.2) is 0 Å². The molecule has 0 aliphatic rings. The van der Waals surface area contributed by atoms with Crippen molar-refractivity contribution >= 4 is 0 Å². The van der Waals surface area contributed by atoms with Crippen molar-refractivity contribution in [3.63, 3.8) is 0 Å². The minimum absolute atomic E-state index is 0.963. The Balaban J connectivity index is 0.000000304. The monoisotopic (exact) mass is 234 g/mol. The summed E-state index contributed by atoms with van der Waals surface area (Å²) in [6.07, 6.45) is 5.52. The lowest BCUT2D eigenvalue weighted by Crippen LogP contribution is -1.91. The van der Waals surface area contributed by atoms with E-state index in [1.54, 1.807) is 0 Å². The molecule has 0 heteroatoms. The molecule has 0 unspecified atom stereocenters. The summed E-state index contributed by atoms with van der Waals surface area (Å²) in [4.78, 5) is 0. The Bertz CT molecular complexity index is 293. The second-order valence-electron chi connectivity index (χ2n) is 5.27. The first-order valence-electron chi connectivity index (χ1n) is 7.05. The topological polar surface area (TPSA) is 0 Å². The first kappa shape index (κ1) is 16.2. The number of hydrogen-bond donors (Lipinski definition) is 0. The highest BCUT2D eigenvalue weighted by molar-refractivity contribution is 5.28. The van der Waals surface area contributed by atoms with E-state index < -0.39 is 0 Å². The summed E-state index contributed by atoms with van der Waals surface area (Å²) in [5.74, 6) is 0.963. The van der Waals surface area contributed by atoms with Gasteiger partial charge in [-0.25, -0.2) is 0 Å². The van der Waals surface area contributed by atoms with Crippen molar-refractivity contribution in [3.05, 3.63) is 34.9 Å². The van der Waals surface area contributed by atoms with Crippen molar-refractivity contribution in [2.24, 2.45) is 5.92 Å². The lowest BCUT2D eigenvalue weighted by molar-refractivity contribution is 0.480. The molecule has 0 radical (unpaired) electrons. The third-order valence-corrected chi connectivity index (χ3v) is 3.23. The smallest absolute Gasteiger partial charge is 0.0395 e. The molecular formula is C17H30. The summed E-state index contributed by atoms with van der Waals surface area (Å²) in [5.41, 5.74) is 4.11. The first-order chi connectivity index (χ1) is 8.01. The number of hydrogen-bond acceptors (Lipinski definition) is 0. The molecular weight excluding hydrogens is 204 g/mol. The van der Waals surface area contributed by atoms with Gasteiger partial charge in [-0.2, -0.15) is 0 Å². The zero-order chi connectivity index (χ0) is 13.3. The van der Waals surface area contributed by atoms with Crippen molar-refractivity contribution in [2.75, 3.05) is 0 Å². The van der Waals surface area contributed by atoms with Gasteiger partial charge in [-0.05, 0) is 37.8 Å². The Kier molecular flexibility index (Phi) is 8.85.